The maximum absolute atomic E-state index is 12.4. The molecule has 0 aliphatic heterocycles. The van der Waals surface area contributed by atoms with E-state index in [4.69, 9.17) is 0 Å². The van der Waals surface area contributed by atoms with Gasteiger partial charge >= 0.3 is 0 Å². The number of rotatable bonds is 3. The van der Waals surface area contributed by atoms with Crippen LogP contribution in [0.1, 0.15) is 16.1 Å². The summed E-state index contributed by atoms with van der Waals surface area (Å²) in [5, 5.41) is 1.17. The first kappa shape index (κ1) is 13.1. The Labute approximate surface area is 126 Å². The molecule has 1 aromatic heterocycles. The molecule has 0 saturated heterocycles. The molecule has 2 aromatic carbocycles. The minimum absolute atomic E-state index is 0.121. The Morgan fingerprint density at radius 1 is 1.10 bits per heavy atom. The van der Waals surface area contributed by atoms with E-state index in [9.17, 15) is 4.79 Å². The summed E-state index contributed by atoms with van der Waals surface area (Å²) in [6.45, 7) is 2.41. The third-order valence-corrected chi connectivity index (χ3v) is 3.96. The van der Waals surface area contributed by atoms with E-state index in [-0.39, 0.29) is 5.78 Å². The van der Waals surface area contributed by atoms with Crippen LogP contribution in [0.15, 0.2) is 59.1 Å². The van der Waals surface area contributed by atoms with Crippen LogP contribution in [0.25, 0.3) is 10.9 Å². The summed E-state index contributed by atoms with van der Waals surface area (Å²) in [7, 11) is 0. The summed E-state index contributed by atoms with van der Waals surface area (Å²) in [6, 6.07) is 17.8. The van der Waals surface area contributed by atoms with Crippen molar-refractivity contribution in [1.29, 1.82) is 0 Å². The molecule has 3 heteroatoms. The zero-order valence-corrected chi connectivity index (χ0v) is 12.7. The summed E-state index contributed by atoms with van der Waals surface area (Å²) in [6.07, 6.45) is 0. The molecule has 0 amide bonds. The van der Waals surface area contributed by atoms with Crippen LogP contribution in [-0.4, -0.2) is 10.4 Å². The first-order chi connectivity index (χ1) is 9.65. The zero-order chi connectivity index (χ0) is 14.1. The van der Waals surface area contributed by atoms with E-state index in [1.54, 1.807) is 0 Å². The third-order valence-electron chi connectivity index (χ3n) is 3.47. The number of benzene rings is 2. The van der Waals surface area contributed by atoms with Gasteiger partial charge in [-0.1, -0.05) is 46.3 Å². The highest BCUT2D eigenvalue weighted by molar-refractivity contribution is 9.10. The summed E-state index contributed by atoms with van der Waals surface area (Å²) in [5.41, 5.74) is 2.94. The third kappa shape index (κ3) is 2.41. The van der Waals surface area contributed by atoms with Crippen LogP contribution in [0.5, 0.6) is 0 Å². The van der Waals surface area contributed by atoms with Crippen LogP contribution in [0, 0.1) is 6.92 Å². The fraction of sp³-hybridized carbons (Fsp3) is 0.118. The molecule has 0 saturated carbocycles. The normalized spacial score (nSPS) is 10.9. The fourth-order valence-corrected chi connectivity index (χ4v) is 2.85. The van der Waals surface area contributed by atoms with E-state index in [1.807, 2.05) is 43.3 Å². The zero-order valence-electron chi connectivity index (χ0n) is 11.1. The number of ketones is 1. The summed E-state index contributed by atoms with van der Waals surface area (Å²) in [5.74, 6) is 0.121. The van der Waals surface area contributed by atoms with Gasteiger partial charge in [0.15, 0.2) is 5.78 Å². The molecular formula is C17H14BrNO. The standard InChI is InChI=1S/C17H14BrNO/c1-12-9-13-5-2-3-8-16(13)19(12)11-17(20)14-6-4-7-15(18)10-14/h2-10H,11H2,1H3. The van der Waals surface area contributed by atoms with Crippen LogP contribution in [0.2, 0.25) is 0 Å². The lowest BCUT2D eigenvalue weighted by Crippen LogP contribution is -2.11. The Morgan fingerprint density at radius 2 is 1.90 bits per heavy atom. The molecule has 100 valence electrons. The fourth-order valence-electron chi connectivity index (χ4n) is 2.46. The Kier molecular flexibility index (Phi) is 3.45. The average molecular weight is 328 g/mol. The van der Waals surface area contributed by atoms with E-state index in [2.05, 4.69) is 38.7 Å². The number of hydrogen-bond donors (Lipinski definition) is 0. The van der Waals surface area contributed by atoms with Crippen molar-refractivity contribution in [3.63, 3.8) is 0 Å². The highest BCUT2D eigenvalue weighted by Crippen LogP contribution is 2.20. The van der Waals surface area contributed by atoms with E-state index in [1.165, 1.54) is 5.39 Å². The van der Waals surface area contributed by atoms with Gasteiger partial charge in [0, 0.05) is 21.2 Å². The quantitative estimate of drug-likeness (QED) is 0.644. The van der Waals surface area contributed by atoms with Gasteiger partial charge in [-0.3, -0.25) is 4.79 Å². The SMILES string of the molecule is Cc1cc2ccccc2n1CC(=O)c1cccc(Br)c1. The van der Waals surface area contributed by atoms with E-state index in [0.717, 1.165) is 21.2 Å². The van der Waals surface area contributed by atoms with Gasteiger partial charge in [0.25, 0.3) is 0 Å². The number of hydrogen-bond acceptors (Lipinski definition) is 1. The number of para-hydroxylation sites is 1. The number of halogens is 1. The molecule has 0 spiro atoms. The first-order valence-corrected chi connectivity index (χ1v) is 7.28. The molecule has 3 aromatic rings. The van der Waals surface area contributed by atoms with Crippen LogP contribution in [0.4, 0.5) is 0 Å². The Bertz CT molecular complexity index is 789. The smallest absolute Gasteiger partial charge is 0.182 e. The van der Waals surface area contributed by atoms with Crippen molar-refractivity contribution in [2.45, 2.75) is 13.5 Å². The maximum atomic E-state index is 12.4. The van der Waals surface area contributed by atoms with Crippen molar-refractivity contribution < 1.29 is 4.79 Å². The predicted octanol–water partition coefficient (Wildman–Crippen LogP) is 4.60. The van der Waals surface area contributed by atoms with Gasteiger partial charge in [0.2, 0.25) is 0 Å². The molecule has 0 bridgehead atoms. The molecule has 0 N–H and O–H groups in total. The maximum Gasteiger partial charge on any atom is 0.182 e. The van der Waals surface area contributed by atoms with Crippen LogP contribution in [0.3, 0.4) is 0 Å². The number of nitrogens with zero attached hydrogens (tertiary/aromatic N) is 1. The number of Topliss-reactive ketones (excluding diaryl/α,β-unsaturated/α-hetero) is 1. The molecule has 0 fully saturated rings. The number of carbonyl (C=O) groups is 1. The Hall–Kier alpha value is -1.87. The second-order valence-corrected chi connectivity index (χ2v) is 5.78. The largest absolute Gasteiger partial charge is 0.337 e. The molecule has 0 atom stereocenters. The van der Waals surface area contributed by atoms with Gasteiger partial charge in [-0.15, -0.1) is 0 Å². The number of aromatic nitrogens is 1. The molecule has 2 nitrogen and oxygen atoms in total. The lowest BCUT2D eigenvalue weighted by atomic mass is 10.1. The summed E-state index contributed by atoms with van der Waals surface area (Å²) < 4.78 is 3.00. The number of aryl methyl sites for hydroxylation is 1. The van der Waals surface area contributed by atoms with Crippen molar-refractivity contribution in [3.05, 3.63) is 70.3 Å². The first-order valence-electron chi connectivity index (χ1n) is 6.49. The minimum atomic E-state index is 0.121. The molecule has 0 radical (unpaired) electrons. The van der Waals surface area contributed by atoms with Crippen LogP contribution in [-0.2, 0) is 6.54 Å². The van der Waals surface area contributed by atoms with Crippen molar-refractivity contribution in [2.75, 3.05) is 0 Å². The second-order valence-electron chi connectivity index (χ2n) is 4.86. The highest BCUT2D eigenvalue weighted by Gasteiger charge is 2.11. The van der Waals surface area contributed by atoms with Gasteiger partial charge in [-0.05, 0) is 36.6 Å². The van der Waals surface area contributed by atoms with Crippen molar-refractivity contribution in [2.24, 2.45) is 0 Å². The van der Waals surface area contributed by atoms with Gasteiger partial charge in [0.1, 0.15) is 0 Å². The Morgan fingerprint density at radius 3 is 2.70 bits per heavy atom. The van der Waals surface area contributed by atoms with E-state index in [0.29, 0.717) is 6.54 Å². The molecule has 3 rings (SSSR count). The van der Waals surface area contributed by atoms with Crippen molar-refractivity contribution in [3.8, 4) is 0 Å². The van der Waals surface area contributed by atoms with Crippen LogP contribution >= 0.6 is 15.9 Å². The monoisotopic (exact) mass is 327 g/mol. The molecular weight excluding hydrogens is 314 g/mol. The van der Waals surface area contributed by atoms with E-state index < -0.39 is 0 Å². The molecule has 0 aliphatic rings. The second kappa shape index (κ2) is 5.25. The van der Waals surface area contributed by atoms with Crippen molar-refractivity contribution >= 4 is 32.6 Å². The number of carbonyl (C=O) groups excluding carboxylic acids is 1. The molecule has 1 heterocycles. The summed E-state index contributed by atoms with van der Waals surface area (Å²) >= 11 is 3.40. The van der Waals surface area contributed by atoms with Gasteiger partial charge in [-0.25, -0.2) is 0 Å². The molecule has 0 aliphatic carbocycles. The summed E-state index contributed by atoms with van der Waals surface area (Å²) in [4.78, 5) is 12.4. The lowest BCUT2D eigenvalue weighted by Gasteiger charge is -2.08. The predicted molar refractivity (Wildman–Crippen MR) is 85.1 cm³/mol. The number of fused-ring (bicyclic) bond motifs is 1. The average Bonchev–Trinajstić information content (AvgIpc) is 2.75. The lowest BCUT2D eigenvalue weighted by molar-refractivity contribution is 0.0973. The van der Waals surface area contributed by atoms with Gasteiger partial charge in [-0.2, -0.15) is 0 Å². The topological polar surface area (TPSA) is 22.0 Å². The minimum Gasteiger partial charge on any atom is -0.337 e. The molecule has 0 unspecified atom stereocenters. The van der Waals surface area contributed by atoms with Gasteiger partial charge in [0.05, 0.1) is 6.54 Å². The Balaban J connectivity index is 1.97. The van der Waals surface area contributed by atoms with Gasteiger partial charge < -0.3 is 4.57 Å². The van der Waals surface area contributed by atoms with E-state index >= 15 is 0 Å². The van der Waals surface area contributed by atoms with Crippen molar-refractivity contribution in [1.82, 2.24) is 4.57 Å². The highest BCUT2D eigenvalue weighted by atomic mass is 79.9. The van der Waals surface area contributed by atoms with Crippen LogP contribution < -0.4 is 0 Å². The molecule has 20 heavy (non-hydrogen) atoms.